The van der Waals surface area contributed by atoms with Crippen molar-refractivity contribution in [2.45, 2.75) is 6.92 Å². The molecule has 0 amide bonds. The molecule has 4 nitrogen and oxygen atoms in total. The standard InChI is InChI=1S/C22H22N2O2S/c1-3-23-10-11-24(2)17-9-8-15-12-18(22(25)26-19(15)14-17)21-13-16-6-4-5-7-20(16)27-21/h4-9,12-14,23H,3,10-11H2,1-2H3. The van der Waals surface area contributed by atoms with E-state index < -0.39 is 0 Å². The van der Waals surface area contributed by atoms with Crippen molar-refractivity contribution >= 4 is 38.1 Å². The first kappa shape index (κ1) is 17.8. The molecule has 0 unspecified atom stereocenters. The van der Waals surface area contributed by atoms with E-state index in [9.17, 15) is 4.79 Å². The van der Waals surface area contributed by atoms with Crippen LogP contribution in [-0.4, -0.2) is 26.7 Å². The second-order valence-corrected chi connectivity index (χ2v) is 7.68. The third kappa shape index (κ3) is 3.61. The summed E-state index contributed by atoms with van der Waals surface area (Å²) in [4.78, 5) is 15.7. The first-order valence-electron chi connectivity index (χ1n) is 9.14. The maximum Gasteiger partial charge on any atom is 0.345 e. The molecule has 138 valence electrons. The van der Waals surface area contributed by atoms with Crippen LogP contribution in [0.1, 0.15) is 6.92 Å². The van der Waals surface area contributed by atoms with E-state index in [0.29, 0.717) is 11.1 Å². The average Bonchev–Trinajstić information content (AvgIpc) is 3.11. The molecule has 5 heteroatoms. The minimum atomic E-state index is -0.290. The summed E-state index contributed by atoms with van der Waals surface area (Å²) in [5, 5.41) is 5.40. The molecule has 0 fully saturated rings. The number of likely N-dealkylation sites (N-methyl/N-ethyl adjacent to an activating group) is 2. The summed E-state index contributed by atoms with van der Waals surface area (Å²) in [6.45, 7) is 4.86. The van der Waals surface area contributed by atoms with E-state index in [1.54, 1.807) is 11.3 Å². The zero-order valence-electron chi connectivity index (χ0n) is 15.5. The van der Waals surface area contributed by atoms with E-state index in [0.717, 1.165) is 41.0 Å². The highest BCUT2D eigenvalue weighted by atomic mass is 32.1. The first-order chi connectivity index (χ1) is 13.2. The van der Waals surface area contributed by atoms with Crippen molar-refractivity contribution in [1.29, 1.82) is 0 Å². The molecule has 0 spiro atoms. The van der Waals surface area contributed by atoms with Crippen molar-refractivity contribution in [3.05, 3.63) is 65.0 Å². The van der Waals surface area contributed by atoms with Gasteiger partial charge in [-0.1, -0.05) is 25.1 Å². The van der Waals surface area contributed by atoms with Crippen molar-refractivity contribution in [2.24, 2.45) is 0 Å². The van der Waals surface area contributed by atoms with Crippen LogP contribution in [-0.2, 0) is 0 Å². The van der Waals surface area contributed by atoms with Crippen LogP contribution in [0.15, 0.2) is 63.8 Å². The van der Waals surface area contributed by atoms with Gasteiger partial charge < -0.3 is 14.6 Å². The van der Waals surface area contributed by atoms with Crippen LogP contribution in [0.3, 0.4) is 0 Å². The van der Waals surface area contributed by atoms with Gasteiger partial charge in [0.15, 0.2) is 0 Å². The number of anilines is 1. The fourth-order valence-electron chi connectivity index (χ4n) is 3.18. The summed E-state index contributed by atoms with van der Waals surface area (Å²) in [5.41, 5.74) is 1.99. The molecule has 0 saturated carbocycles. The molecule has 2 aromatic heterocycles. The molecule has 0 bridgehead atoms. The minimum Gasteiger partial charge on any atom is -0.422 e. The van der Waals surface area contributed by atoms with E-state index in [2.05, 4.69) is 41.4 Å². The minimum absolute atomic E-state index is 0.290. The smallest absolute Gasteiger partial charge is 0.345 e. The summed E-state index contributed by atoms with van der Waals surface area (Å²) < 4.78 is 6.84. The average molecular weight is 378 g/mol. The Morgan fingerprint density at radius 1 is 1.07 bits per heavy atom. The van der Waals surface area contributed by atoms with Crippen LogP contribution in [0.2, 0.25) is 0 Å². The Balaban J connectivity index is 1.69. The van der Waals surface area contributed by atoms with Gasteiger partial charge in [0.2, 0.25) is 0 Å². The summed E-state index contributed by atoms with van der Waals surface area (Å²) in [7, 11) is 2.04. The fraction of sp³-hybridized carbons (Fsp3) is 0.227. The third-order valence-electron chi connectivity index (χ3n) is 4.73. The highest BCUT2D eigenvalue weighted by Gasteiger charge is 2.12. The van der Waals surface area contributed by atoms with Crippen molar-refractivity contribution < 1.29 is 4.42 Å². The maximum absolute atomic E-state index is 12.6. The summed E-state index contributed by atoms with van der Waals surface area (Å²) in [6, 6.07) is 18.2. The predicted octanol–water partition coefficient (Wildman–Crippen LogP) is 4.72. The van der Waals surface area contributed by atoms with Gasteiger partial charge in [0.05, 0.1) is 5.56 Å². The molecule has 0 aliphatic rings. The van der Waals surface area contributed by atoms with Crippen LogP contribution in [0.25, 0.3) is 31.5 Å². The molecule has 27 heavy (non-hydrogen) atoms. The molecular formula is C22H22N2O2S. The quantitative estimate of drug-likeness (QED) is 0.389. The van der Waals surface area contributed by atoms with E-state index in [1.165, 1.54) is 4.70 Å². The number of hydrogen-bond acceptors (Lipinski definition) is 5. The SMILES string of the molecule is CCNCCN(C)c1ccc2cc(-c3cc4ccccc4s3)c(=O)oc2c1. The molecule has 0 aliphatic carbocycles. The van der Waals surface area contributed by atoms with Gasteiger partial charge in [-0.2, -0.15) is 0 Å². The highest BCUT2D eigenvalue weighted by Crippen LogP contribution is 2.33. The van der Waals surface area contributed by atoms with Gasteiger partial charge in [0.25, 0.3) is 0 Å². The Kier molecular flexibility index (Phi) is 4.97. The number of fused-ring (bicyclic) bond motifs is 2. The lowest BCUT2D eigenvalue weighted by molar-refractivity contribution is 0.563. The number of nitrogens with one attached hydrogen (secondary N) is 1. The first-order valence-corrected chi connectivity index (χ1v) is 9.96. The van der Waals surface area contributed by atoms with Gasteiger partial charge in [0.1, 0.15) is 5.58 Å². The molecule has 4 rings (SSSR count). The van der Waals surface area contributed by atoms with Gasteiger partial charge in [-0.3, -0.25) is 0 Å². The van der Waals surface area contributed by atoms with Gasteiger partial charge in [-0.05, 0) is 42.3 Å². The zero-order chi connectivity index (χ0) is 18.8. The highest BCUT2D eigenvalue weighted by molar-refractivity contribution is 7.22. The van der Waals surface area contributed by atoms with Crippen molar-refractivity contribution in [3.63, 3.8) is 0 Å². The van der Waals surface area contributed by atoms with E-state index in [4.69, 9.17) is 4.42 Å². The van der Waals surface area contributed by atoms with Gasteiger partial charge in [0, 0.05) is 46.9 Å². The van der Waals surface area contributed by atoms with Gasteiger partial charge in [-0.25, -0.2) is 4.79 Å². The van der Waals surface area contributed by atoms with E-state index >= 15 is 0 Å². The molecule has 0 radical (unpaired) electrons. The second-order valence-electron chi connectivity index (χ2n) is 6.59. The Hall–Kier alpha value is -2.63. The summed E-state index contributed by atoms with van der Waals surface area (Å²) in [6.07, 6.45) is 0. The Labute approximate surface area is 162 Å². The summed E-state index contributed by atoms with van der Waals surface area (Å²) >= 11 is 1.62. The van der Waals surface area contributed by atoms with Crippen LogP contribution >= 0.6 is 11.3 Å². The topological polar surface area (TPSA) is 45.5 Å². The van der Waals surface area contributed by atoms with Crippen LogP contribution in [0, 0.1) is 0 Å². The molecule has 4 aromatic rings. The third-order valence-corrected chi connectivity index (χ3v) is 5.87. The Bertz CT molecular complexity index is 1110. The number of benzene rings is 2. The lowest BCUT2D eigenvalue weighted by Crippen LogP contribution is -2.28. The molecule has 0 saturated heterocycles. The largest absolute Gasteiger partial charge is 0.422 e. The number of thiophene rings is 1. The lowest BCUT2D eigenvalue weighted by Gasteiger charge is -2.19. The number of nitrogens with zero attached hydrogens (tertiary/aromatic N) is 1. The molecule has 0 atom stereocenters. The number of rotatable bonds is 6. The van der Waals surface area contributed by atoms with Gasteiger partial charge >= 0.3 is 5.63 Å². The van der Waals surface area contributed by atoms with Gasteiger partial charge in [-0.15, -0.1) is 11.3 Å². The number of hydrogen-bond donors (Lipinski definition) is 1. The predicted molar refractivity (Wildman–Crippen MR) is 115 cm³/mol. The molecule has 2 heterocycles. The monoisotopic (exact) mass is 378 g/mol. The van der Waals surface area contributed by atoms with E-state index in [1.807, 2.05) is 37.4 Å². The normalized spacial score (nSPS) is 11.3. The molecule has 2 aromatic carbocycles. The Morgan fingerprint density at radius 3 is 2.74 bits per heavy atom. The van der Waals surface area contributed by atoms with E-state index in [-0.39, 0.29) is 5.63 Å². The molecule has 0 aliphatic heterocycles. The molecule has 1 N–H and O–H groups in total. The maximum atomic E-state index is 12.6. The van der Waals surface area contributed by atoms with Crippen LogP contribution in [0.4, 0.5) is 5.69 Å². The zero-order valence-corrected chi connectivity index (χ0v) is 16.3. The summed E-state index contributed by atoms with van der Waals surface area (Å²) in [5.74, 6) is 0. The lowest BCUT2D eigenvalue weighted by atomic mass is 10.1. The van der Waals surface area contributed by atoms with Crippen LogP contribution in [0.5, 0.6) is 0 Å². The molecular weight excluding hydrogens is 356 g/mol. The van der Waals surface area contributed by atoms with Crippen molar-refractivity contribution in [1.82, 2.24) is 5.32 Å². The van der Waals surface area contributed by atoms with Crippen molar-refractivity contribution in [2.75, 3.05) is 31.6 Å². The van der Waals surface area contributed by atoms with Crippen molar-refractivity contribution in [3.8, 4) is 10.4 Å². The second kappa shape index (κ2) is 7.55. The Morgan fingerprint density at radius 2 is 1.93 bits per heavy atom. The van der Waals surface area contributed by atoms with Crippen LogP contribution < -0.4 is 15.8 Å². The fourth-order valence-corrected chi connectivity index (χ4v) is 4.24.